The summed E-state index contributed by atoms with van der Waals surface area (Å²) in [5.74, 6) is -0.665. The second kappa shape index (κ2) is 6.41. The van der Waals surface area contributed by atoms with Gasteiger partial charge in [0.05, 0.1) is 17.1 Å². The van der Waals surface area contributed by atoms with Crippen molar-refractivity contribution in [2.75, 3.05) is 6.54 Å². The van der Waals surface area contributed by atoms with Gasteiger partial charge < -0.3 is 14.7 Å². The van der Waals surface area contributed by atoms with Crippen LogP contribution in [0, 0.1) is 0 Å². The summed E-state index contributed by atoms with van der Waals surface area (Å²) >= 11 is 5.89. The Labute approximate surface area is 150 Å². The number of aromatic carboxylic acids is 1. The van der Waals surface area contributed by atoms with E-state index in [0.717, 1.165) is 11.3 Å². The first-order valence-electron chi connectivity index (χ1n) is 7.86. The van der Waals surface area contributed by atoms with Crippen LogP contribution in [0.5, 0.6) is 5.75 Å². The van der Waals surface area contributed by atoms with E-state index in [1.807, 2.05) is 38.1 Å². The van der Waals surface area contributed by atoms with E-state index in [1.165, 1.54) is 12.1 Å². The fourth-order valence-electron chi connectivity index (χ4n) is 2.93. The van der Waals surface area contributed by atoms with E-state index in [4.69, 9.17) is 16.3 Å². The van der Waals surface area contributed by atoms with E-state index in [2.05, 4.69) is 0 Å². The molecule has 0 saturated carbocycles. The highest BCUT2D eigenvalue weighted by Gasteiger charge is 2.32. The van der Waals surface area contributed by atoms with Gasteiger partial charge in [-0.25, -0.2) is 4.79 Å². The van der Waals surface area contributed by atoms with Gasteiger partial charge in [0.25, 0.3) is 5.91 Å². The summed E-state index contributed by atoms with van der Waals surface area (Å²) in [6.45, 7) is 4.61. The van der Waals surface area contributed by atoms with Gasteiger partial charge in [-0.1, -0.05) is 29.8 Å². The molecule has 3 rings (SSSR count). The summed E-state index contributed by atoms with van der Waals surface area (Å²) in [5.41, 5.74) is 0.550. The third-order valence-electron chi connectivity index (χ3n) is 4.02. The number of hydrogen-bond donors (Lipinski definition) is 1. The van der Waals surface area contributed by atoms with Crippen LogP contribution in [0.15, 0.2) is 42.5 Å². The molecule has 1 aliphatic rings. The van der Waals surface area contributed by atoms with Crippen molar-refractivity contribution in [1.29, 1.82) is 0 Å². The molecule has 1 heterocycles. The van der Waals surface area contributed by atoms with Crippen LogP contribution in [0.1, 0.15) is 40.1 Å². The van der Waals surface area contributed by atoms with Crippen molar-refractivity contribution in [2.24, 2.45) is 0 Å². The van der Waals surface area contributed by atoms with Crippen LogP contribution in [0.2, 0.25) is 5.02 Å². The monoisotopic (exact) mass is 359 g/mol. The molecule has 0 aromatic heterocycles. The summed E-state index contributed by atoms with van der Waals surface area (Å²) in [5, 5.41) is 9.32. The second-order valence-corrected chi connectivity index (χ2v) is 7.04. The number of para-hydroxylation sites is 1. The van der Waals surface area contributed by atoms with Gasteiger partial charge in [-0.3, -0.25) is 4.79 Å². The maximum Gasteiger partial charge on any atom is 0.337 e. The highest BCUT2D eigenvalue weighted by atomic mass is 35.5. The second-order valence-electron chi connectivity index (χ2n) is 6.63. The summed E-state index contributed by atoms with van der Waals surface area (Å²) in [4.78, 5) is 25.9. The van der Waals surface area contributed by atoms with Gasteiger partial charge in [-0.15, -0.1) is 0 Å². The van der Waals surface area contributed by atoms with E-state index >= 15 is 0 Å². The molecule has 0 bridgehead atoms. The van der Waals surface area contributed by atoms with Crippen molar-refractivity contribution in [1.82, 2.24) is 4.90 Å². The molecule has 0 radical (unpaired) electrons. The van der Waals surface area contributed by atoms with Crippen molar-refractivity contribution in [3.63, 3.8) is 0 Å². The van der Waals surface area contributed by atoms with Crippen molar-refractivity contribution in [3.05, 3.63) is 64.2 Å². The van der Waals surface area contributed by atoms with Crippen molar-refractivity contribution in [3.8, 4) is 5.75 Å². The fraction of sp³-hybridized carbons (Fsp3) is 0.263. The number of carbonyl (C=O) groups excluding carboxylic acids is 1. The van der Waals surface area contributed by atoms with Gasteiger partial charge in [0.15, 0.2) is 0 Å². The maximum atomic E-state index is 13.0. The molecule has 0 saturated heterocycles. The van der Waals surface area contributed by atoms with Crippen LogP contribution >= 0.6 is 11.6 Å². The predicted molar refractivity (Wildman–Crippen MR) is 94.3 cm³/mol. The predicted octanol–water partition coefficient (Wildman–Crippen LogP) is 3.85. The maximum absolute atomic E-state index is 13.0. The van der Waals surface area contributed by atoms with Crippen LogP contribution < -0.4 is 4.74 Å². The Balaban J connectivity index is 1.97. The zero-order valence-electron chi connectivity index (χ0n) is 14.0. The van der Waals surface area contributed by atoms with Crippen LogP contribution in [0.25, 0.3) is 0 Å². The van der Waals surface area contributed by atoms with Gasteiger partial charge >= 0.3 is 5.97 Å². The number of carboxylic acids is 1. The molecule has 0 unspecified atom stereocenters. The first-order chi connectivity index (χ1) is 11.8. The lowest BCUT2D eigenvalue weighted by atomic mass is 10.1. The molecule has 2 aromatic carbocycles. The van der Waals surface area contributed by atoms with Crippen molar-refractivity contribution >= 4 is 23.5 Å². The fourth-order valence-corrected chi connectivity index (χ4v) is 3.13. The van der Waals surface area contributed by atoms with Crippen molar-refractivity contribution < 1.29 is 19.4 Å². The minimum absolute atomic E-state index is 0.0850. The molecule has 1 aliphatic heterocycles. The molecule has 1 amide bonds. The molecular formula is C19H18ClNO4. The topological polar surface area (TPSA) is 66.8 Å². The summed E-state index contributed by atoms with van der Waals surface area (Å²) < 4.78 is 6.03. The number of nitrogens with zero attached hydrogens (tertiary/aromatic N) is 1. The van der Waals surface area contributed by atoms with E-state index in [9.17, 15) is 14.7 Å². The standard InChI is InChI=1S/C19H18ClNO4/c1-19(2)11-21(10-13-5-3-4-6-16(13)25-19)17(22)12-7-8-15(20)14(9-12)18(23)24/h3-9H,10-11H2,1-2H3,(H,23,24). The number of benzene rings is 2. The molecule has 6 heteroatoms. The third kappa shape index (κ3) is 3.61. The molecule has 2 aromatic rings. The van der Waals surface area contributed by atoms with Gasteiger partial charge in [-0.2, -0.15) is 0 Å². The first kappa shape index (κ1) is 17.3. The Bertz CT molecular complexity index is 847. The number of ether oxygens (including phenoxy) is 1. The SMILES string of the molecule is CC1(C)CN(C(=O)c2ccc(Cl)c(C(=O)O)c2)Cc2ccccc2O1. The molecular weight excluding hydrogens is 342 g/mol. The number of hydrogen-bond acceptors (Lipinski definition) is 3. The molecule has 5 nitrogen and oxygen atoms in total. The smallest absolute Gasteiger partial charge is 0.337 e. The lowest BCUT2D eigenvalue weighted by Crippen LogP contribution is -2.43. The Morgan fingerprint density at radius 1 is 1.20 bits per heavy atom. The molecule has 0 fully saturated rings. The largest absolute Gasteiger partial charge is 0.486 e. The van der Waals surface area contributed by atoms with Gasteiger partial charge in [0.1, 0.15) is 11.4 Å². The Hall–Kier alpha value is -2.53. The number of halogens is 1. The van der Waals surface area contributed by atoms with Crippen molar-refractivity contribution in [2.45, 2.75) is 26.0 Å². The Kier molecular flexibility index (Phi) is 4.43. The minimum Gasteiger partial charge on any atom is -0.486 e. The summed E-state index contributed by atoms with van der Waals surface area (Å²) in [6.07, 6.45) is 0. The third-order valence-corrected chi connectivity index (χ3v) is 4.35. The lowest BCUT2D eigenvalue weighted by molar-refractivity contribution is 0.0500. The highest BCUT2D eigenvalue weighted by Crippen LogP contribution is 2.30. The molecule has 25 heavy (non-hydrogen) atoms. The average Bonchev–Trinajstić information content (AvgIpc) is 2.68. The van der Waals surface area contributed by atoms with Crippen LogP contribution in [0.3, 0.4) is 0 Å². The highest BCUT2D eigenvalue weighted by molar-refractivity contribution is 6.33. The van der Waals surface area contributed by atoms with E-state index in [-0.39, 0.29) is 22.1 Å². The molecule has 130 valence electrons. The minimum atomic E-state index is -1.16. The number of fused-ring (bicyclic) bond motifs is 1. The molecule has 1 N–H and O–H groups in total. The summed E-state index contributed by atoms with van der Waals surface area (Å²) in [7, 11) is 0. The van der Waals surface area contributed by atoms with E-state index in [1.54, 1.807) is 11.0 Å². The zero-order chi connectivity index (χ0) is 18.2. The lowest BCUT2D eigenvalue weighted by Gasteiger charge is -2.29. The van der Waals surface area contributed by atoms with Gasteiger partial charge in [0.2, 0.25) is 0 Å². The van der Waals surface area contributed by atoms with Crippen LogP contribution in [-0.4, -0.2) is 34.0 Å². The molecule has 0 spiro atoms. The quantitative estimate of drug-likeness (QED) is 0.884. The van der Waals surface area contributed by atoms with Crippen LogP contribution in [0.4, 0.5) is 0 Å². The first-order valence-corrected chi connectivity index (χ1v) is 8.24. The average molecular weight is 360 g/mol. The van der Waals surface area contributed by atoms with Crippen LogP contribution in [-0.2, 0) is 6.54 Å². The zero-order valence-corrected chi connectivity index (χ0v) is 14.7. The van der Waals surface area contributed by atoms with Gasteiger partial charge in [-0.05, 0) is 38.1 Å². The molecule has 0 atom stereocenters. The number of carboxylic acid groups (broad SMARTS) is 1. The number of rotatable bonds is 2. The number of carbonyl (C=O) groups is 2. The van der Waals surface area contributed by atoms with E-state index < -0.39 is 11.6 Å². The Morgan fingerprint density at radius 2 is 1.92 bits per heavy atom. The Morgan fingerprint density at radius 3 is 2.64 bits per heavy atom. The number of amides is 1. The van der Waals surface area contributed by atoms with Gasteiger partial charge in [0, 0.05) is 17.7 Å². The normalized spacial score (nSPS) is 15.7. The van der Waals surface area contributed by atoms with E-state index in [0.29, 0.717) is 13.1 Å². The molecule has 0 aliphatic carbocycles. The summed E-state index contributed by atoms with van der Waals surface area (Å²) in [6, 6.07) is 11.9.